The zero-order valence-corrected chi connectivity index (χ0v) is 20.9. The molecule has 3 heterocycles. The summed E-state index contributed by atoms with van der Waals surface area (Å²) in [4.78, 5) is 20.0. The molecule has 2 fully saturated rings. The second kappa shape index (κ2) is 10.2. The van der Waals surface area contributed by atoms with Gasteiger partial charge in [0, 0.05) is 13.2 Å². The molecule has 10 heteroatoms. The van der Waals surface area contributed by atoms with Gasteiger partial charge in [-0.1, -0.05) is 18.2 Å². The van der Waals surface area contributed by atoms with E-state index in [0.29, 0.717) is 41.7 Å². The van der Waals surface area contributed by atoms with E-state index >= 15 is 0 Å². The number of imidazole rings is 1. The van der Waals surface area contributed by atoms with Crippen LogP contribution in [0.4, 0.5) is 4.39 Å². The van der Waals surface area contributed by atoms with E-state index in [1.165, 1.54) is 35.6 Å². The minimum absolute atomic E-state index is 0.0396. The number of nitrogens with zero attached hydrogens (tertiary/aromatic N) is 3. The molecule has 1 saturated carbocycles. The number of halogens is 1. The molecule has 2 aromatic heterocycles. The first kappa shape index (κ1) is 24.1. The molecule has 1 atom stereocenters. The summed E-state index contributed by atoms with van der Waals surface area (Å²) in [7, 11) is -3.82. The lowest BCUT2D eigenvalue weighted by molar-refractivity contribution is 0.0728. The fraction of sp³-hybridized carbons (Fsp3) is 0.440. The van der Waals surface area contributed by atoms with E-state index in [2.05, 4.69) is 4.98 Å². The van der Waals surface area contributed by atoms with Gasteiger partial charge in [-0.05, 0) is 60.7 Å². The smallest absolute Gasteiger partial charge is 0.264 e. The Bertz CT molecular complexity index is 1260. The lowest BCUT2D eigenvalue weighted by atomic mass is 10.2. The average molecular weight is 518 g/mol. The molecule has 0 radical (unpaired) electrons. The number of thiophene rings is 1. The summed E-state index contributed by atoms with van der Waals surface area (Å²) in [6.07, 6.45) is 5.43. The number of carbonyl (C=O) groups is 1. The van der Waals surface area contributed by atoms with Crippen molar-refractivity contribution in [1.82, 2.24) is 14.5 Å². The summed E-state index contributed by atoms with van der Waals surface area (Å²) in [5, 5.41) is 1.84. The normalized spacial score (nSPS) is 18.1. The van der Waals surface area contributed by atoms with Gasteiger partial charge in [0.05, 0.1) is 41.7 Å². The molecular formula is C25H28FN3O4S2. The van der Waals surface area contributed by atoms with Crippen molar-refractivity contribution >= 4 is 27.1 Å². The molecule has 0 spiro atoms. The number of aromatic nitrogens is 2. The summed E-state index contributed by atoms with van der Waals surface area (Å²) in [6, 6.07) is 9.11. The maximum Gasteiger partial charge on any atom is 0.264 e. The van der Waals surface area contributed by atoms with Gasteiger partial charge in [0.25, 0.3) is 5.91 Å². The first-order chi connectivity index (χ1) is 16.9. The molecule has 0 N–H and O–H groups in total. The van der Waals surface area contributed by atoms with Crippen LogP contribution >= 0.6 is 11.3 Å². The Labute approximate surface area is 208 Å². The lowest BCUT2D eigenvalue weighted by Gasteiger charge is -2.24. The van der Waals surface area contributed by atoms with Crippen molar-refractivity contribution in [2.24, 2.45) is 5.92 Å². The average Bonchev–Trinajstić information content (AvgIpc) is 3.24. The van der Waals surface area contributed by atoms with Crippen LogP contribution in [0.25, 0.3) is 0 Å². The maximum atomic E-state index is 13.4. The predicted molar refractivity (Wildman–Crippen MR) is 130 cm³/mol. The zero-order valence-electron chi connectivity index (χ0n) is 19.3. The van der Waals surface area contributed by atoms with E-state index in [4.69, 9.17) is 4.74 Å². The summed E-state index contributed by atoms with van der Waals surface area (Å²) >= 11 is 1.40. The van der Waals surface area contributed by atoms with Gasteiger partial charge in [-0.2, -0.15) is 0 Å². The number of benzene rings is 1. The van der Waals surface area contributed by atoms with Gasteiger partial charge in [0.15, 0.2) is 0 Å². The fourth-order valence-corrected chi connectivity index (χ4v) is 6.59. The summed E-state index contributed by atoms with van der Waals surface area (Å²) in [5.74, 6) is -0.267. The van der Waals surface area contributed by atoms with E-state index in [-0.39, 0.29) is 29.5 Å². The molecule has 35 heavy (non-hydrogen) atoms. The topological polar surface area (TPSA) is 81.5 Å². The Morgan fingerprint density at radius 2 is 2.00 bits per heavy atom. The van der Waals surface area contributed by atoms with Gasteiger partial charge in [0.2, 0.25) is 15.0 Å². The van der Waals surface area contributed by atoms with Gasteiger partial charge in [-0.25, -0.2) is 17.8 Å². The standard InChI is InChI=1S/C25H28FN3O4S2/c26-20-9-7-19(8-10-20)17-35(31,32)25-27-13-21(29(25)16-22-3-1-11-33-22)15-28(14-18-5-6-18)24(30)23-4-2-12-34-23/h2,4,7-10,12-13,18,22H,1,3,5-6,11,14-17H2/t22-/m0/s1. The quantitative estimate of drug-likeness (QED) is 0.401. The third kappa shape index (κ3) is 5.82. The minimum atomic E-state index is -3.82. The largest absolute Gasteiger partial charge is 0.376 e. The highest BCUT2D eigenvalue weighted by molar-refractivity contribution is 7.90. The summed E-state index contributed by atoms with van der Waals surface area (Å²) < 4.78 is 47.6. The third-order valence-corrected chi connectivity index (χ3v) is 8.86. The molecule has 1 aromatic carbocycles. The van der Waals surface area contributed by atoms with Gasteiger partial charge in [-0.3, -0.25) is 4.79 Å². The Hall–Kier alpha value is -2.56. The Morgan fingerprint density at radius 3 is 2.66 bits per heavy atom. The summed E-state index contributed by atoms with van der Waals surface area (Å²) in [6.45, 7) is 1.92. The number of ether oxygens (including phenoxy) is 1. The molecule has 1 aliphatic heterocycles. The zero-order chi connectivity index (χ0) is 24.4. The Kier molecular flexibility index (Phi) is 7.04. The van der Waals surface area contributed by atoms with E-state index in [1.807, 2.05) is 22.4 Å². The molecule has 1 saturated heterocycles. The molecule has 2 aliphatic rings. The van der Waals surface area contributed by atoms with Crippen LogP contribution in [-0.2, 0) is 33.4 Å². The van der Waals surface area contributed by atoms with Crippen molar-refractivity contribution in [2.45, 2.75) is 55.8 Å². The fourth-order valence-electron chi connectivity index (χ4n) is 4.40. The highest BCUT2D eigenvalue weighted by Crippen LogP contribution is 2.31. The third-order valence-electron chi connectivity index (χ3n) is 6.41. The number of sulfone groups is 1. The first-order valence-corrected chi connectivity index (χ1v) is 14.4. The Morgan fingerprint density at radius 1 is 1.20 bits per heavy atom. The molecule has 0 bridgehead atoms. The number of hydrogen-bond donors (Lipinski definition) is 0. The van der Waals surface area contributed by atoms with Crippen LogP contribution in [0.15, 0.2) is 53.1 Å². The molecule has 1 amide bonds. The number of hydrogen-bond acceptors (Lipinski definition) is 6. The second-order valence-electron chi connectivity index (χ2n) is 9.27. The van der Waals surface area contributed by atoms with Crippen LogP contribution in [0.5, 0.6) is 0 Å². The van der Waals surface area contributed by atoms with E-state index in [9.17, 15) is 17.6 Å². The second-order valence-corrected chi connectivity index (χ2v) is 12.1. The van der Waals surface area contributed by atoms with E-state index < -0.39 is 15.7 Å². The van der Waals surface area contributed by atoms with Crippen LogP contribution in [0, 0.1) is 11.7 Å². The van der Waals surface area contributed by atoms with Gasteiger partial charge >= 0.3 is 0 Å². The van der Waals surface area contributed by atoms with E-state index in [1.54, 1.807) is 10.8 Å². The van der Waals surface area contributed by atoms with Crippen molar-refractivity contribution in [3.05, 3.63) is 69.9 Å². The van der Waals surface area contributed by atoms with Crippen molar-refractivity contribution in [1.29, 1.82) is 0 Å². The SMILES string of the molecule is O=C(c1cccs1)N(Cc1cnc(S(=O)(=O)Cc2ccc(F)cc2)n1C[C@@H]1CCCO1)CC1CC1. The van der Waals surface area contributed by atoms with Crippen molar-refractivity contribution < 1.29 is 22.3 Å². The first-order valence-electron chi connectivity index (χ1n) is 11.8. The molecule has 7 nitrogen and oxygen atoms in total. The Balaban J connectivity index is 1.45. The van der Waals surface area contributed by atoms with E-state index in [0.717, 1.165) is 25.7 Å². The molecule has 0 unspecified atom stereocenters. The van der Waals surface area contributed by atoms with Crippen molar-refractivity contribution in [2.75, 3.05) is 13.2 Å². The van der Waals surface area contributed by atoms with Crippen LogP contribution in [-0.4, -0.2) is 48.0 Å². The number of amides is 1. The van der Waals surface area contributed by atoms with Crippen LogP contribution in [0.2, 0.25) is 0 Å². The van der Waals surface area contributed by atoms with Gasteiger partial charge in [0.1, 0.15) is 5.82 Å². The van der Waals surface area contributed by atoms with Crippen LogP contribution in [0.1, 0.15) is 46.6 Å². The number of rotatable bonds is 10. The predicted octanol–water partition coefficient (Wildman–Crippen LogP) is 4.29. The molecular weight excluding hydrogens is 489 g/mol. The van der Waals surface area contributed by atoms with Crippen LogP contribution < -0.4 is 0 Å². The van der Waals surface area contributed by atoms with Crippen LogP contribution in [0.3, 0.4) is 0 Å². The van der Waals surface area contributed by atoms with Crippen molar-refractivity contribution in [3.8, 4) is 0 Å². The lowest BCUT2D eigenvalue weighted by Crippen LogP contribution is -2.33. The molecule has 1 aliphatic carbocycles. The highest BCUT2D eigenvalue weighted by Gasteiger charge is 2.31. The highest BCUT2D eigenvalue weighted by atomic mass is 32.2. The monoisotopic (exact) mass is 517 g/mol. The molecule has 5 rings (SSSR count). The molecule has 3 aromatic rings. The van der Waals surface area contributed by atoms with Crippen molar-refractivity contribution in [3.63, 3.8) is 0 Å². The maximum absolute atomic E-state index is 13.4. The number of carbonyl (C=O) groups excluding carboxylic acids is 1. The van der Waals surface area contributed by atoms with Gasteiger partial charge in [-0.15, -0.1) is 11.3 Å². The summed E-state index contributed by atoms with van der Waals surface area (Å²) in [5.41, 5.74) is 1.16. The van der Waals surface area contributed by atoms with Gasteiger partial charge < -0.3 is 14.2 Å². The minimum Gasteiger partial charge on any atom is -0.376 e. The molecule has 186 valence electrons.